The van der Waals surface area contributed by atoms with Gasteiger partial charge in [-0.2, -0.15) is 9.97 Å². The van der Waals surface area contributed by atoms with Crippen molar-refractivity contribution in [1.82, 2.24) is 15.3 Å². The van der Waals surface area contributed by atoms with E-state index in [1.807, 2.05) is 6.92 Å². The number of rotatable bonds is 4. The second kappa shape index (κ2) is 5.15. The first-order valence-electron chi connectivity index (χ1n) is 4.92. The zero-order chi connectivity index (χ0) is 12.1. The molecule has 0 saturated heterocycles. The number of likely N-dealkylation sites (N-methyl/N-ethyl adjacent to an activating group) is 2. The first-order valence-corrected chi connectivity index (χ1v) is 4.92. The molecule has 88 valence electrons. The van der Waals surface area contributed by atoms with Gasteiger partial charge in [0, 0.05) is 19.7 Å². The lowest BCUT2D eigenvalue weighted by Crippen LogP contribution is -2.36. The second-order valence-electron chi connectivity index (χ2n) is 3.20. The Hall–Kier alpha value is -2.05. The first kappa shape index (κ1) is 12.0. The number of nitrogens with zero attached hydrogens (tertiary/aromatic N) is 3. The highest BCUT2D eigenvalue weighted by molar-refractivity contribution is 5.80. The molecule has 0 radical (unpaired) electrons. The predicted octanol–water partition coefficient (Wildman–Crippen LogP) is -0.787. The molecule has 7 nitrogen and oxygen atoms in total. The highest BCUT2D eigenvalue weighted by Gasteiger charge is 2.11. The predicted molar refractivity (Wildman–Crippen MR) is 62.8 cm³/mol. The van der Waals surface area contributed by atoms with Crippen molar-refractivity contribution in [3.63, 3.8) is 0 Å². The number of aromatic nitrogens is 2. The van der Waals surface area contributed by atoms with Crippen LogP contribution in [0.25, 0.3) is 0 Å². The highest BCUT2D eigenvalue weighted by Crippen LogP contribution is 2.14. The van der Waals surface area contributed by atoms with Crippen LogP contribution < -0.4 is 21.7 Å². The Morgan fingerprint density at radius 3 is 2.69 bits per heavy atom. The number of carbonyl (C=O) groups is 1. The molecule has 0 aliphatic heterocycles. The molecule has 0 atom stereocenters. The summed E-state index contributed by atoms with van der Waals surface area (Å²) in [5.74, 6) is 0.844. The van der Waals surface area contributed by atoms with Gasteiger partial charge in [-0.15, -0.1) is 0 Å². The maximum Gasteiger partial charge on any atom is 0.239 e. The van der Waals surface area contributed by atoms with Gasteiger partial charge in [-0.05, 0) is 6.92 Å². The van der Waals surface area contributed by atoms with Crippen LogP contribution in [0, 0.1) is 0 Å². The molecular formula is C9H16N6O. The third-order valence-corrected chi connectivity index (χ3v) is 2.07. The van der Waals surface area contributed by atoms with E-state index in [4.69, 9.17) is 11.5 Å². The minimum atomic E-state index is -0.0994. The molecule has 0 bridgehead atoms. The molecule has 1 heterocycles. The maximum atomic E-state index is 11.3. The van der Waals surface area contributed by atoms with Gasteiger partial charge in [0.05, 0.1) is 6.54 Å². The van der Waals surface area contributed by atoms with E-state index in [2.05, 4.69) is 15.3 Å². The van der Waals surface area contributed by atoms with Gasteiger partial charge in [0.2, 0.25) is 11.9 Å². The van der Waals surface area contributed by atoms with Gasteiger partial charge < -0.3 is 21.7 Å². The number of hydrogen-bond donors (Lipinski definition) is 3. The molecule has 7 heteroatoms. The molecule has 5 N–H and O–H groups in total. The van der Waals surface area contributed by atoms with Crippen LogP contribution in [0.4, 0.5) is 17.6 Å². The zero-order valence-corrected chi connectivity index (χ0v) is 9.40. The Morgan fingerprint density at radius 1 is 1.50 bits per heavy atom. The topological polar surface area (TPSA) is 110 Å². The van der Waals surface area contributed by atoms with E-state index in [0.717, 1.165) is 0 Å². The van der Waals surface area contributed by atoms with Crippen molar-refractivity contribution in [2.75, 3.05) is 36.5 Å². The summed E-state index contributed by atoms with van der Waals surface area (Å²) < 4.78 is 0. The molecule has 0 aliphatic rings. The average molecular weight is 224 g/mol. The van der Waals surface area contributed by atoms with Crippen molar-refractivity contribution in [3.8, 4) is 0 Å². The molecule has 1 aromatic rings. The number of carbonyl (C=O) groups excluding carboxylic acids is 1. The van der Waals surface area contributed by atoms with Crippen LogP contribution in [0.5, 0.6) is 0 Å². The number of anilines is 3. The number of nitrogen functional groups attached to an aromatic ring is 2. The SMILES string of the molecule is CCN(CC(=O)NC)c1cc(N)nc(N)n1. The van der Waals surface area contributed by atoms with Crippen molar-refractivity contribution in [2.45, 2.75) is 6.92 Å². The van der Waals surface area contributed by atoms with E-state index in [1.54, 1.807) is 18.0 Å². The molecule has 1 amide bonds. The largest absolute Gasteiger partial charge is 0.383 e. The summed E-state index contributed by atoms with van der Waals surface area (Å²) in [6, 6.07) is 1.59. The summed E-state index contributed by atoms with van der Waals surface area (Å²) in [6.45, 7) is 2.75. The molecule has 0 aliphatic carbocycles. The molecule has 16 heavy (non-hydrogen) atoms. The third-order valence-electron chi connectivity index (χ3n) is 2.07. The van der Waals surface area contributed by atoms with E-state index in [-0.39, 0.29) is 24.2 Å². The molecule has 1 rings (SSSR count). The fourth-order valence-corrected chi connectivity index (χ4v) is 1.24. The minimum Gasteiger partial charge on any atom is -0.383 e. The number of nitrogens with two attached hydrogens (primary N) is 2. The smallest absolute Gasteiger partial charge is 0.239 e. The zero-order valence-electron chi connectivity index (χ0n) is 9.40. The summed E-state index contributed by atoms with van der Waals surface area (Å²) in [5.41, 5.74) is 11.0. The van der Waals surface area contributed by atoms with Crippen molar-refractivity contribution in [1.29, 1.82) is 0 Å². The van der Waals surface area contributed by atoms with Crippen LogP contribution in [0.15, 0.2) is 6.07 Å². The van der Waals surface area contributed by atoms with Gasteiger partial charge in [-0.3, -0.25) is 4.79 Å². The van der Waals surface area contributed by atoms with Crippen LogP contribution in [0.3, 0.4) is 0 Å². The van der Waals surface area contributed by atoms with Gasteiger partial charge in [-0.25, -0.2) is 0 Å². The van der Waals surface area contributed by atoms with E-state index in [1.165, 1.54) is 0 Å². The van der Waals surface area contributed by atoms with Crippen molar-refractivity contribution < 1.29 is 4.79 Å². The van der Waals surface area contributed by atoms with Crippen LogP contribution in [0.1, 0.15) is 6.92 Å². The lowest BCUT2D eigenvalue weighted by molar-refractivity contribution is -0.119. The molecular weight excluding hydrogens is 208 g/mol. The van der Waals surface area contributed by atoms with Gasteiger partial charge in [-0.1, -0.05) is 0 Å². The van der Waals surface area contributed by atoms with Gasteiger partial charge in [0.15, 0.2) is 0 Å². The Balaban J connectivity index is 2.90. The number of amides is 1. The van der Waals surface area contributed by atoms with Crippen LogP contribution in [-0.4, -0.2) is 36.0 Å². The molecule has 0 spiro atoms. The Morgan fingerprint density at radius 2 is 2.19 bits per heavy atom. The lowest BCUT2D eigenvalue weighted by atomic mass is 10.4. The quantitative estimate of drug-likeness (QED) is 0.618. The molecule has 0 saturated carbocycles. The molecule has 1 aromatic heterocycles. The van der Waals surface area contributed by atoms with Crippen LogP contribution in [0.2, 0.25) is 0 Å². The van der Waals surface area contributed by atoms with E-state index < -0.39 is 0 Å². The monoisotopic (exact) mass is 224 g/mol. The summed E-state index contributed by atoms with van der Waals surface area (Å²) in [4.78, 5) is 20.8. The summed E-state index contributed by atoms with van der Waals surface area (Å²) in [7, 11) is 1.58. The molecule has 0 fully saturated rings. The van der Waals surface area contributed by atoms with Gasteiger partial charge in [0.1, 0.15) is 11.6 Å². The van der Waals surface area contributed by atoms with Crippen molar-refractivity contribution >= 4 is 23.5 Å². The van der Waals surface area contributed by atoms with Gasteiger partial charge in [0.25, 0.3) is 0 Å². The Bertz CT molecular complexity index is 360. The summed E-state index contributed by atoms with van der Waals surface area (Å²) in [5, 5.41) is 2.54. The van der Waals surface area contributed by atoms with Gasteiger partial charge >= 0.3 is 0 Å². The highest BCUT2D eigenvalue weighted by atomic mass is 16.1. The Kier molecular flexibility index (Phi) is 3.87. The fourth-order valence-electron chi connectivity index (χ4n) is 1.24. The van der Waals surface area contributed by atoms with Crippen LogP contribution in [-0.2, 0) is 4.79 Å². The molecule has 0 unspecified atom stereocenters. The maximum absolute atomic E-state index is 11.3. The normalized spacial score (nSPS) is 9.88. The average Bonchev–Trinajstić information content (AvgIpc) is 2.24. The van der Waals surface area contributed by atoms with Crippen LogP contribution >= 0.6 is 0 Å². The van der Waals surface area contributed by atoms with Crippen molar-refractivity contribution in [2.24, 2.45) is 0 Å². The van der Waals surface area contributed by atoms with E-state index in [0.29, 0.717) is 12.4 Å². The van der Waals surface area contributed by atoms with E-state index >= 15 is 0 Å². The summed E-state index contributed by atoms with van der Waals surface area (Å²) in [6.07, 6.45) is 0. The standard InChI is InChI=1S/C9H16N6O/c1-3-15(5-8(16)12-2)7-4-6(10)13-9(11)14-7/h4H,3,5H2,1-2H3,(H,12,16)(H4,10,11,13,14). The minimum absolute atomic E-state index is 0.0994. The third kappa shape index (κ3) is 2.97. The molecule has 0 aromatic carbocycles. The Labute approximate surface area is 93.8 Å². The summed E-state index contributed by atoms with van der Waals surface area (Å²) >= 11 is 0. The van der Waals surface area contributed by atoms with E-state index in [9.17, 15) is 4.79 Å². The number of nitrogens with one attached hydrogen (secondary N) is 1. The second-order valence-corrected chi connectivity index (χ2v) is 3.20. The number of hydrogen-bond acceptors (Lipinski definition) is 6. The lowest BCUT2D eigenvalue weighted by Gasteiger charge is -2.21. The first-order chi connectivity index (χ1) is 7.56. The fraction of sp³-hybridized carbons (Fsp3) is 0.444. The van der Waals surface area contributed by atoms with Crippen molar-refractivity contribution in [3.05, 3.63) is 6.07 Å².